The summed E-state index contributed by atoms with van der Waals surface area (Å²) in [6.45, 7) is 6.39. The quantitative estimate of drug-likeness (QED) is 0.437. The second-order valence-electron chi connectivity index (χ2n) is 13.4. The molecule has 9 nitrogen and oxygen atoms in total. The number of piperazine rings is 1. The normalized spacial score (nSPS) is 30.1. The minimum absolute atomic E-state index is 0.0480. The number of hydrogen-bond donors (Lipinski definition) is 1. The number of fused-ring (bicyclic) bond motifs is 5. The van der Waals surface area contributed by atoms with Crippen LogP contribution in [-0.2, 0) is 20.7 Å². The maximum Gasteiger partial charge on any atom is 0.338 e. The summed E-state index contributed by atoms with van der Waals surface area (Å²) in [5.74, 6) is 2.01. The number of carbonyl (C=O) groups excluding carboxylic acids is 2. The van der Waals surface area contributed by atoms with Gasteiger partial charge in [-0.25, -0.2) is 4.79 Å². The van der Waals surface area contributed by atoms with E-state index < -0.39 is 0 Å². The molecule has 1 amide bonds. The van der Waals surface area contributed by atoms with Gasteiger partial charge in [0, 0.05) is 50.3 Å². The van der Waals surface area contributed by atoms with Crippen molar-refractivity contribution in [2.45, 2.75) is 57.2 Å². The molecule has 3 aliphatic carbocycles. The number of likely N-dealkylation sites (N-methyl/N-ethyl adjacent to an activating group) is 1. The Morgan fingerprint density at radius 1 is 0.955 bits per heavy atom. The zero-order valence-electron chi connectivity index (χ0n) is 26.8. The van der Waals surface area contributed by atoms with Gasteiger partial charge in [0.2, 0.25) is 5.91 Å². The highest BCUT2D eigenvalue weighted by atomic mass is 16.5. The van der Waals surface area contributed by atoms with Gasteiger partial charge in [-0.1, -0.05) is 6.92 Å². The summed E-state index contributed by atoms with van der Waals surface area (Å²) in [5.41, 5.74) is 3.53. The summed E-state index contributed by atoms with van der Waals surface area (Å²) >= 11 is 0. The standard InChI is InChI=1S/C35H47N3O6/c1-35-20-30(44-34(40)22-6-9-24(10-7-22)36-32(39)21-38-16-14-37(2)15-17-38)33-25(27(35)12-13-31(35)43-5)11-8-23-18-28(41-3)29(42-4)19-26(23)33/h6-7,9-10,18-19,25,27,30-31,33H,8,11-17,20-21H2,1-5H3,(H,36,39)/t25-,27-,30+,31-,33-,35-/m0/s1. The summed E-state index contributed by atoms with van der Waals surface area (Å²) in [6, 6.07) is 11.3. The number of anilines is 1. The third kappa shape index (κ3) is 5.82. The van der Waals surface area contributed by atoms with Crippen molar-refractivity contribution in [3.05, 3.63) is 53.1 Å². The van der Waals surface area contributed by atoms with E-state index >= 15 is 0 Å². The van der Waals surface area contributed by atoms with E-state index in [0.717, 1.165) is 64.0 Å². The fourth-order valence-electron chi connectivity index (χ4n) is 8.71. The van der Waals surface area contributed by atoms with Crippen LogP contribution < -0.4 is 14.8 Å². The SMILES string of the molecule is COc1cc2c(cc1OC)[C@@H]1[C@@H](CC2)[C@@H]2CC[C@H](OC)[C@@]2(C)C[C@H]1OC(=O)c1ccc(NC(=O)CN2CCN(C)CC2)cc1. The number of nitrogens with zero attached hydrogens (tertiary/aromatic N) is 2. The number of benzene rings is 2. The molecule has 1 heterocycles. The van der Waals surface area contributed by atoms with Gasteiger partial charge in [0.15, 0.2) is 11.5 Å². The lowest BCUT2D eigenvalue weighted by atomic mass is 9.54. The first kappa shape index (κ1) is 30.9. The molecule has 0 radical (unpaired) electrons. The molecular weight excluding hydrogens is 558 g/mol. The molecule has 1 saturated heterocycles. The maximum absolute atomic E-state index is 13.7. The zero-order chi connectivity index (χ0) is 31.0. The molecule has 0 spiro atoms. The molecule has 0 unspecified atom stereocenters. The number of rotatable bonds is 8. The van der Waals surface area contributed by atoms with Crippen LogP contribution in [0.2, 0.25) is 0 Å². The van der Waals surface area contributed by atoms with Crippen molar-refractivity contribution in [3.63, 3.8) is 0 Å². The average Bonchev–Trinajstić information content (AvgIpc) is 3.37. The first-order valence-corrected chi connectivity index (χ1v) is 16.0. The minimum Gasteiger partial charge on any atom is -0.493 e. The van der Waals surface area contributed by atoms with E-state index in [0.29, 0.717) is 35.4 Å². The monoisotopic (exact) mass is 605 g/mol. The van der Waals surface area contributed by atoms with Crippen molar-refractivity contribution in [1.82, 2.24) is 9.80 Å². The van der Waals surface area contributed by atoms with Crippen molar-refractivity contribution < 1.29 is 28.5 Å². The molecule has 2 saturated carbocycles. The Balaban J connectivity index is 1.21. The first-order valence-electron chi connectivity index (χ1n) is 16.0. The highest BCUT2D eigenvalue weighted by molar-refractivity contribution is 5.94. The van der Waals surface area contributed by atoms with Crippen LogP contribution in [0, 0.1) is 17.3 Å². The minimum atomic E-state index is -0.342. The van der Waals surface area contributed by atoms with E-state index in [1.165, 1.54) is 11.1 Å². The second-order valence-corrected chi connectivity index (χ2v) is 13.4. The van der Waals surface area contributed by atoms with Crippen molar-refractivity contribution >= 4 is 17.6 Å². The molecule has 238 valence electrons. The van der Waals surface area contributed by atoms with E-state index in [2.05, 4.69) is 41.2 Å². The smallest absolute Gasteiger partial charge is 0.338 e. The first-order chi connectivity index (χ1) is 21.2. The predicted octanol–water partition coefficient (Wildman–Crippen LogP) is 4.60. The van der Waals surface area contributed by atoms with Gasteiger partial charge in [-0.3, -0.25) is 9.69 Å². The van der Waals surface area contributed by atoms with Crippen LogP contribution in [-0.4, -0.2) is 95.0 Å². The molecule has 6 atom stereocenters. The number of hydrogen-bond acceptors (Lipinski definition) is 8. The fourth-order valence-corrected chi connectivity index (χ4v) is 8.71. The van der Waals surface area contributed by atoms with Crippen LogP contribution in [0.15, 0.2) is 36.4 Å². The average molecular weight is 606 g/mol. The third-order valence-corrected chi connectivity index (χ3v) is 11.0. The van der Waals surface area contributed by atoms with E-state index in [1.807, 2.05) is 7.11 Å². The molecule has 1 aliphatic heterocycles. The topological polar surface area (TPSA) is 89.6 Å². The van der Waals surface area contributed by atoms with Crippen LogP contribution in [0.3, 0.4) is 0 Å². The van der Waals surface area contributed by atoms with Crippen LogP contribution in [0.1, 0.15) is 60.0 Å². The summed E-state index contributed by atoms with van der Waals surface area (Å²) in [5, 5.41) is 2.98. The number of ether oxygens (including phenoxy) is 4. The molecule has 3 fully saturated rings. The third-order valence-electron chi connectivity index (χ3n) is 11.0. The number of methoxy groups -OCH3 is 3. The Bertz CT molecular complexity index is 1360. The molecule has 0 aromatic heterocycles. The predicted molar refractivity (Wildman–Crippen MR) is 169 cm³/mol. The molecule has 1 N–H and O–H groups in total. The summed E-state index contributed by atoms with van der Waals surface area (Å²) in [6.07, 6.45) is 4.76. The van der Waals surface area contributed by atoms with Crippen molar-refractivity contribution in [2.75, 3.05) is 66.4 Å². The van der Waals surface area contributed by atoms with E-state index in [4.69, 9.17) is 18.9 Å². The van der Waals surface area contributed by atoms with Gasteiger partial charge in [0.05, 0.1) is 32.4 Å². The molecular formula is C35H47N3O6. The Hall–Kier alpha value is -3.14. The van der Waals surface area contributed by atoms with Gasteiger partial charge in [-0.05, 0) is 98.5 Å². The van der Waals surface area contributed by atoms with Gasteiger partial charge in [0.1, 0.15) is 6.10 Å². The van der Waals surface area contributed by atoms with Crippen molar-refractivity contribution in [2.24, 2.45) is 17.3 Å². The molecule has 9 heteroatoms. The van der Waals surface area contributed by atoms with Crippen LogP contribution in [0.25, 0.3) is 0 Å². The Labute approximate surface area is 261 Å². The van der Waals surface area contributed by atoms with E-state index in [-0.39, 0.29) is 35.4 Å². The molecule has 6 rings (SSSR count). The van der Waals surface area contributed by atoms with Crippen LogP contribution in [0.5, 0.6) is 11.5 Å². The molecule has 4 aliphatic rings. The highest BCUT2D eigenvalue weighted by Crippen LogP contribution is 2.62. The summed E-state index contributed by atoms with van der Waals surface area (Å²) in [7, 11) is 7.24. The number of carbonyl (C=O) groups is 2. The van der Waals surface area contributed by atoms with Gasteiger partial charge in [-0.15, -0.1) is 0 Å². The Morgan fingerprint density at radius 2 is 1.66 bits per heavy atom. The van der Waals surface area contributed by atoms with Crippen molar-refractivity contribution in [3.8, 4) is 11.5 Å². The molecule has 2 aromatic rings. The second kappa shape index (κ2) is 12.7. The van der Waals surface area contributed by atoms with Crippen molar-refractivity contribution in [1.29, 1.82) is 0 Å². The van der Waals surface area contributed by atoms with Crippen LogP contribution >= 0.6 is 0 Å². The number of aryl methyl sites for hydroxylation is 1. The molecule has 2 aromatic carbocycles. The van der Waals surface area contributed by atoms with Crippen LogP contribution in [0.4, 0.5) is 5.69 Å². The lowest BCUT2D eigenvalue weighted by Gasteiger charge is -2.53. The van der Waals surface area contributed by atoms with Gasteiger partial charge >= 0.3 is 5.97 Å². The largest absolute Gasteiger partial charge is 0.493 e. The number of amides is 1. The number of nitrogens with one attached hydrogen (secondary N) is 1. The summed E-state index contributed by atoms with van der Waals surface area (Å²) < 4.78 is 23.8. The zero-order valence-corrected chi connectivity index (χ0v) is 26.8. The van der Waals surface area contributed by atoms with E-state index in [9.17, 15) is 9.59 Å². The van der Waals surface area contributed by atoms with Gasteiger partial charge < -0.3 is 29.2 Å². The lowest BCUT2D eigenvalue weighted by molar-refractivity contribution is -0.117. The maximum atomic E-state index is 13.7. The molecule has 0 bridgehead atoms. The Kier molecular flexibility index (Phi) is 8.91. The highest BCUT2D eigenvalue weighted by Gasteiger charge is 2.59. The lowest BCUT2D eigenvalue weighted by Crippen LogP contribution is -2.51. The van der Waals surface area contributed by atoms with E-state index in [1.54, 1.807) is 38.5 Å². The molecule has 44 heavy (non-hydrogen) atoms. The number of esters is 1. The fraction of sp³-hybridized carbons (Fsp3) is 0.600. The summed E-state index contributed by atoms with van der Waals surface area (Å²) in [4.78, 5) is 30.8. The van der Waals surface area contributed by atoms with Gasteiger partial charge in [-0.2, -0.15) is 0 Å². The Morgan fingerprint density at radius 3 is 2.34 bits per heavy atom. The van der Waals surface area contributed by atoms with Gasteiger partial charge in [0.25, 0.3) is 0 Å².